The van der Waals surface area contributed by atoms with Crippen LogP contribution in [0.4, 0.5) is 32.2 Å². The molecule has 2 aromatic rings. The summed E-state index contributed by atoms with van der Waals surface area (Å²) in [6.45, 7) is 1.72. The van der Waals surface area contributed by atoms with E-state index in [0.29, 0.717) is 11.6 Å². The molecular weight excluding hydrogens is 388 g/mol. The Balaban J connectivity index is 2.09. The molecule has 10 heteroatoms. The third-order valence-corrected chi connectivity index (χ3v) is 4.33. The van der Waals surface area contributed by atoms with E-state index in [0.717, 1.165) is 18.9 Å². The number of hydrogen-bond donors (Lipinski definition) is 2. The summed E-state index contributed by atoms with van der Waals surface area (Å²) in [5, 5.41) is 19.9. The number of nitrogens with zero attached hydrogens (tertiary/aromatic N) is 2. The highest BCUT2D eigenvalue weighted by Gasteiger charge is 2.40. The predicted molar refractivity (Wildman–Crippen MR) is 89.6 cm³/mol. The minimum atomic E-state index is -4.98. The molecule has 0 saturated heterocycles. The second kappa shape index (κ2) is 7.23. The molecule has 4 nitrogen and oxygen atoms in total. The first-order valence-corrected chi connectivity index (χ1v) is 8.55. The smallest absolute Gasteiger partial charge is 0.392 e. The highest BCUT2D eigenvalue weighted by Crippen LogP contribution is 2.47. The largest absolute Gasteiger partial charge is 0.417 e. The highest BCUT2D eigenvalue weighted by molar-refractivity contribution is 5.70. The van der Waals surface area contributed by atoms with Gasteiger partial charge in [-0.2, -0.15) is 26.3 Å². The molecule has 1 aromatic heterocycles. The maximum atomic E-state index is 13.5. The number of aliphatic hydroxyl groups excluding tert-OH is 1. The van der Waals surface area contributed by atoms with Gasteiger partial charge in [-0.15, -0.1) is 10.2 Å². The Labute approximate surface area is 156 Å². The quantitative estimate of drug-likeness (QED) is 0.699. The molecule has 0 bridgehead atoms. The fourth-order valence-corrected chi connectivity index (χ4v) is 2.82. The molecular formula is C18H17F6N3O. The summed E-state index contributed by atoms with van der Waals surface area (Å²) in [4.78, 5) is 0. The van der Waals surface area contributed by atoms with Crippen molar-refractivity contribution in [3.63, 3.8) is 0 Å². The molecule has 28 heavy (non-hydrogen) atoms. The zero-order valence-corrected chi connectivity index (χ0v) is 14.7. The van der Waals surface area contributed by atoms with Crippen LogP contribution in [-0.4, -0.2) is 28.0 Å². The number of aliphatic hydroxyl groups is 1. The lowest BCUT2D eigenvalue weighted by Crippen LogP contribution is -2.17. The molecule has 3 rings (SSSR count). The zero-order valence-electron chi connectivity index (χ0n) is 14.7. The highest BCUT2D eigenvalue weighted by atomic mass is 19.4. The molecule has 1 atom stereocenters. The van der Waals surface area contributed by atoms with Gasteiger partial charge in [-0.05, 0) is 49.4 Å². The van der Waals surface area contributed by atoms with Crippen molar-refractivity contribution in [1.29, 1.82) is 0 Å². The number of anilines is 1. The first-order valence-electron chi connectivity index (χ1n) is 8.55. The van der Waals surface area contributed by atoms with Gasteiger partial charge in [0.15, 0.2) is 0 Å². The average Bonchev–Trinajstić information content (AvgIpc) is 3.42. The van der Waals surface area contributed by atoms with Gasteiger partial charge in [0.1, 0.15) is 5.82 Å². The van der Waals surface area contributed by atoms with Gasteiger partial charge in [0.25, 0.3) is 0 Å². The molecule has 0 radical (unpaired) electrons. The van der Waals surface area contributed by atoms with Gasteiger partial charge in [-0.3, -0.25) is 0 Å². The lowest BCUT2D eigenvalue weighted by Gasteiger charge is -2.18. The maximum absolute atomic E-state index is 13.5. The Kier molecular flexibility index (Phi) is 5.26. The molecule has 152 valence electrons. The Morgan fingerprint density at radius 1 is 1.07 bits per heavy atom. The zero-order chi connectivity index (χ0) is 20.7. The van der Waals surface area contributed by atoms with Crippen LogP contribution in [0.5, 0.6) is 0 Å². The van der Waals surface area contributed by atoms with Crippen LogP contribution >= 0.6 is 0 Å². The third kappa shape index (κ3) is 4.54. The van der Waals surface area contributed by atoms with Crippen molar-refractivity contribution in [2.75, 3.05) is 11.9 Å². The lowest BCUT2D eigenvalue weighted by atomic mass is 9.96. The SMILES string of the molecule is C[C@@H](O)CNc1cc(C2CC2)c(-c2ccc(C(F)(F)F)cc2C(F)(F)F)nn1. The second-order valence-corrected chi connectivity index (χ2v) is 6.79. The fraction of sp³-hybridized carbons (Fsp3) is 0.444. The lowest BCUT2D eigenvalue weighted by molar-refractivity contribution is -0.142. The Hall–Kier alpha value is -2.36. The summed E-state index contributed by atoms with van der Waals surface area (Å²) in [5.74, 6) is 0.257. The summed E-state index contributed by atoms with van der Waals surface area (Å²) in [7, 11) is 0. The molecule has 0 spiro atoms. The van der Waals surface area contributed by atoms with Crippen LogP contribution in [0.1, 0.15) is 42.4 Å². The van der Waals surface area contributed by atoms with Crippen molar-refractivity contribution in [1.82, 2.24) is 10.2 Å². The van der Waals surface area contributed by atoms with Gasteiger partial charge in [0, 0.05) is 12.1 Å². The van der Waals surface area contributed by atoms with E-state index in [1.54, 1.807) is 13.0 Å². The van der Waals surface area contributed by atoms with Gasteiger partial charge < -0.3 is 10.4 Å². The van der Waals surface area contributed by atoms with Crippen LogP contribution in [0.3, 0.4) is 0 Å². The van der Waals surface area contributed by atoms with Crippen molar-refractivity contribution >= 4 is 5.82 Å². The molecule has 1 aliphatic rings. The van der Waals surface area contributed by atoms with Crippen LogP contribution in [0.15, 0.2) is 24.3 Å². The van der Waals surface area contributed by atoms with Crippen molar-refractivity contribution in [2.45, 2.75) is 44.1 Å². The number of nitrogens with one attached hydrogen (secondary N) is 1. The van der Waals surface area contributed by atoms with E-state index in [4.69, 9.17) is 0 Å². The monoisotopic (exact) mass is 405 g/mol. The third-order valence-electron chi connectivity index (χ3n) is 4.33. The van der Waals surface area contributed by atoms with Gasteiger partial charge in [0.05, 0.1) is 22.9 Å². The summed E-state index contributed by atoms with van der Waals surface area (Å²) >= 11 is 0. The number of rotatable bonds is 5. The van der Waals surface area contributed by atoms with Crippen LogP contribution in [0, 0.1) is 0 Å². The maximum Gasteiger partial charge on any atom is 0.417 e. The van der Waals surface area contributed by atoms with E-state index < -0.39 is 35.1 Å². The Morgan fingerprint density at radius 2 is 1.75 bits per heavy atom. The van der Waals surface area contributed by atoms with Crippen LogP contribution in [0.2, 0.25) is 0 Å². The van der Waals surface area contributed by atoms with Gasteiger partial charge in [-0.25, -0.2) is 0 Å². The van der Waals surface area contributed by atoms with E-state index in [1.807, 2.05) is 0 Å². The number of benzene rings is 1. The molecule has 1 heterocycles. The molecule has 1 aliphatic carbocycles. The molecule has 0 amide bonds. The second-order valence-electron chi connectivity index (χ2n) is 6.79. The minimum Gasteiger partial charge on any atom is -0.392 e. The van der Waals surface area contributed by atoms with Crippen molar-refractivity contribution in [3.05, 3.63) is 41.0 Å². The first-order chi connectivity index (χ1) is 13.0. The van der Waals surface area contributed by atoms with Crippen molar-refractivity contribution in [2.24, 2.45) is 0 Å². The van der Waals surface area contributed by atoms with E-state index >= 15 is 0 Å². The molecule has 1 fully saturated rings. The van der Waals surface area contributed by atoms with Crippen LogP contribution in [-0.2, 0) is 12.4 Å². The first kappa shape index (κ1) is 20.4. The van der Waals surface area contributed by atoms with Crippen LogP contribution < -0.4 is 5.32 Å². The van der Waals surface area contributed by atoms with Crippen LogP contribution in [0.25, 0.3) is 11.3 Å². The topological polar surface area (TPSA) is 58.0 Å². The summed E-state index contributed by atoms with van der Waals surface area (Å²) < 4.78 is 79.1. The summed E-state index contributed by atoms with van der Waals surface area (Å²) in [5.41, 5.74) is -2.79. The van der Waals surface area contributed by atoms with Crippen molar-refractivity contribution < 1.29 is 31.4 Å². The standard InChI is InChI=1S/C18H17F6N3O/c1-9(28)8-25-15-7-13(10-2-3-10)16(27-26-15)12-5-4-11(17(19,20)21)6-14(12)18(22,23)24/h4-7,9-10,28H,2-3,8H2,1H3,(H,25,26)/t9-/m1/s1. The predicted octanol–water partition coefficient (Wildman–Crippen LogP) is 4.85. The van der Waals surface area contributed by atoms with Gasteiger partial charge in [-0.1, -0.05) is 6.07 Å². The number of alkyl halides is 6. The molecule has 1 saturated carbocycles. The average molecular weight is 405 g/mol. The van der Waals surface area contributed by atoms with E-state index in [2.05, 4.69) is 15.5 Å². The summed E-state index contributed by atoms with van der Waals surface area (Å²) in [6, 6.07) is 3.06. The normalized spacial score (nSPS) is 16.1. The molecule has 1 aromatic carbocycles. The van der Waals surface area contributed by atoms with E-state index in [1.165, 1.54) is 0 Å². The molecule has 0 aliphatic heterocycles. The van der Waals surface area contributed by atoms with Gasteiger partial charge >= 0.3 is 12.4 Å². The number of halogens is 6. The van der Waals surface area contributed by atoms with E-state index in [-0.39, 0.29) is 30.0 Å². The Bertz CT molecular complexity index is 859. The van der Waals surface area contributed by atoms with Gasteiger partial charge in [0.2, 0.25) is 0 Å². The van der Waals surface area contributed by atoms with Crippen molar-refractivity contribution in [3.8, 4) is 11.3 Å². The van der Waals surface area contributed by atoms with E-state index in [9.17, 15) is 31.4 Å². The molecule has 0 unspecified atom stereocenters. The molecule has 2 N–H and O–H groups in total. The number of hydrogen-bond acceptors (Lipinski definition) is 4. The Morgan fingerprint density at radius 3 is 2.29 bits per heavy atom. The minimum absolute atomic E-state index is 0.0269. The number of aromatic nitrogens is 2. The summed E-state index contributed by atoms with van der Waals surface area (Å²) in [6.07, 6.45) is -9.05. The fourth-order valence-electron chi connectivity index (χ4n) is 2.82.